The van der Waals surface area contributed by atoms with Crippen LogP contribution in [0.15, 0.2) is 60.0 Å². The average molecular weight is 407 g/mol. The number of carbonyl (C=O) groups is 1. The van der Waals surface area contributed by atoms with Gasteiger partial charge in [-0.1, -0.05) is 18.1 Å². The van der Waals surface area contributed by atoms with Crippen LogP contribution in [0.25, 0.3) is 0 Å². The zero-order chi connectivity index (χ0) is 21.5. The molecule has 3 aromatic rings. The van der Waals surface area contributed by atoms with Crippen LogP contribution in [0.3, 0.4) is 0 Å². The lowest BCUT2D eigenvalue weighted by atomic mass is 10.1. The van der Waals surface area contributed by atoms with Gasteiger partial charge in [-0.25, -0.2) is 18.7 Å². The molecular formula is C21H15F2N5O2. The number of aromatic nitrogens is 2. The zero-order valence-electron chi connectivity index (χ0n) is 15.8. The average Bonchev–Trinajstić information content (AvgIpc) is 2.75. The van der Waals surface area contributed by atoms with Crippen molar-refractivity contribution in [3.8, 4) is 11.8 Å². The number of hydrogen-bond acceptors (Lipinski definition) is 6. The Bertz CT molecular complexity index is 1100. The number of oxime groups is 1. The lowest BCUT2D eigenvalue weighted by Crippen LogP contribution is -2.16. The molecule has 1 amide bonds. The number of rotatable bonds is 6. The van der Waals surface area contributed by atoms with Crippen molar-refractivity contribution in [3.63, 3.8) is 0 Å². The van der Waals surface area contributed by atoms with Crippen molar-refractivity contribution in [3.05, 3.63) is 83.3 Å². The van der Waals surface area contributed by atoms with Crippen LogP contribution in [-0.4, -0.2) is 21.6 Å². The molecule has 1 N–H and O–H groups in total. The minimum atomic E-state index is -0.959. The summed E-state index contributed by atoms with van der Waals surface area (Å²) < 4.78 is 27.4. The topological polar surface area (TPSA) is 100 Å². The maximum absolute atomic E-state index is 13.7. The molecule has 9 heteroatoms. The Morgan fingerprint density at radius 1 is 1.13 bits per heavy atom. The number of pyridine rings is 2. The van der Waals surface area contributed by atoms with Gasteiger partial charge in [0.15, 0.2) is 5.75 Å². The molecule has 0 aliphatic carbocycles. The molecule has 0 saturated heterocycles. The lowest BCUT2D eigenvalue weighted by molar-refractivity contribution is 0.101. The van der Waals surface area contributed by atoms with E-state index in [-0.39, 0.29) is 11.5 Å². The van der Waals surface area contributed by atoms with Crippen LogP contribution < -0.4 is 10.2 Å². The Morgan fingerprint density at radius 2 is 1.90 bits per heavy atom. The molecule has 3 rings (SSSR count). The number of nitriles is 1. The fraction of sp³-hybridized carbons (Fsp3) is 0.0952. The zero-order valence-corrected chi connectivity index (χ0v) is 15.8. The molecule has 0 spiro atoms. The summed E-state index contributed by atoms with van der Waals surface area (Å²) in [6.45, 7) is 1.87. The van der Waals surface area contributed by atoms with Gasteiger partial charge in [-0.2, -0.15) is 5.26 Å². The first kappa shape index (κ1) is 20.5. The highest BCUT2D eigenvalue weighted by molar-refractivity contribution is 6.04. The number of halogens is 2. The number of nitrogens with zero attached hydrogens (tertiary/aromatic N) is 4. The van der Waals surface area contributed by atoms with Crippen molar-refractivity contribution in [1.29, 1.82) is 5.26 Å². The Balaban J connectivity index is 1.71. The summed E-state index contributed by atoms with van der Waals surface area (Å²) in [4.78, 5) is 25.4. The van der Waals surface area contributed by atoms with Crippen LogP contribution in [-0.2, 0) is 0 Å². The smallest absolute Gasteiger partial charge is 0.262 e. The van der Waals surface area contributed by atoms with E-state index in [2.05, 4.69) is 20.4 Å². The van der Waals surface area contributed by atoms with E-state index < -0.39 is 23.1 Å². The van der Waals surface area contributed by atoms with Gasteiger partial charge in [0.05, 0.1) is 11.9 Å². The largest absolute Gasteiger partial charge is 0.355 e. The van der Waals surface area contributed by atoms with Gasteiger partial charge >= 0.3 is 0 Å². The highest BCUT2D eigenvalue weighted by Crippen LogP contribution is 2.16. The third-order valence-electron chi connectivity index (χ3n) is 3.98. The first-order valence-corrected chi connectivity index (χ1v) is 8.83. The van der Waals surface area contributed by atoms with Crippen LogP contribution in [0.1, 0.15) is 35.0 Å². The molecule has 0 aliphatic heterocycles. The molecule has 0 aliphatic rings. The van der Waals surface area contributed by atoms with E-state index in [0.717, 1.165) is 12.1 Å². The predicted octanol–water partition coefficient (Wildman–Crippen LogP) is 4.07. The van der Waals surface area contributed by atoms with E-state index in [1.807, 2.05) is 13.0 Å². The quantitative estimate of drug-likeness (QED) is 0.490. The molecule has 0 saturated carbocycles. The van der Waals surface area contributed by atoms with E-state index in [4.69, 9.17) is 10.1 Å². The summed E-state index contributed by atoms with van der Waals surface area (Å²) in [6, 6.07) is 11.3. The van der Waals surface area contributed by atoms with Gasteiger partial charge in [-0.05, 0) is 42.8 Å². The Kier molecular flexibility index (Phi) is 6.39. The van der Waals surface area contributed by atoms with Crippen LogP contribution >= 0.6 is 0 Å². The Labute approximate surface area is 170 Å². The molecule has 0 unspecified atom stereocenters. The fourth-order valence-corrected chi connectivity index (χ4v) is 2.46. The number of nitrogens with one attached hydrogen (secondary N) is 1. The highest BCUT2D eigenvalue weighted by atomic mass is 19.1. The van der Waals surface area contributed by atoms with Gasteiger partial charge in [0.25, 0.3) is 5.91 Å². The van der Waals surface area contributed by atoms with Crippen molar-refractivity contribution in [2.45, 2.75) is 13.3 Å². The molecule has 0 bridgehead atoms. The van der Waals surface area contributed by atoms with E-state index >= 15 is 0 Å². The second kappa shape index (κ2) is 9.34. The number of hydrogen-bond donors (Lipinski definition) is 1. The second-order valence-corrected chi connectivity index (χ2v) is 5.96. The summed E-state index contributed by atoms with van der Waals surface area (Å²) in [5, 5.41) is 15.2. The molecular weight excluding hydrogens is 392 g/mol. The molecule has 0 atom stereocenters. The van der Waals surface area contributed by atoms with Crippen LogP contribution in [0.2, 0.25) is 0 Å². The predicted molar refractivity (Wildman–Crippen MR) is 105 cm³/mol. The number of anilines is 1. The van der Waals surface area contributed by atoms with Gasteiger partial charge in [0, 0.05) is 11.8 Å². The SMILES string of the molecule is CC/C(=N\Oc1ccc(C#N)nc1)c1ccc(NC(=O)c2c(F)cccc2F)nc1. The molecule has 150 valence electrons. The Hall–Kier alpha value is -4.19. The summed E-state index contributed by atoms with van der Waals surface area (Å²) in [5.41, 5.74) is 0.793. The molecule has 2 aromatic heterocycles. The van der Waals surface area contributed by atoms with Crippen LogP contribution in [0, 0.1) is 23.0 Å². The van der Waals surface area contributed by atoms with E-state index in [1.54, 1.807) is 12.1 Å². The van der Waals surface area contributed by atoms with Gasteiger partial charge in [-0.15, -0.1) is 0 Å². The van der Waals surface area contributed by atoms with Crippen molar-refractivity contribution < 1.29 is 18.4 Å². The normalized spacial score (nSPS) is 10.9. The third kappa shape index (κ3) is 4.80. The first-order valence-electron chi connectivity index (χ1n) is 8.83. The number of carbonyl (C=O) groups excluding carboxylic acids is 1. The van der Waals surface area contributed by atoms with Gasteiger partial charge in [-0.3, -0.25) is 4.79 Å². The molecule has 1 aromatic carbocycles. The Morgan fingerprint density at radius 3 is 2.47 bits per heavy atom. The van der Waals surface area contributed by atoms with Crippen molar-refractivity contribution in [2.24, 2.45) is 5.16 Å². The molecule has 0 radical (unpaired) electrons. The summed E-state index contributed by atoms with van der Waals surface area (Å²) in [7, 11) is 0. The van der Waals surface area contributed by atoms with E-state index in [1.165, 1.54) is 30.6 Å². The van der Waals surface area contributed by atoms with Crippen molar-refractivity contribution in [1.82, 2.24) is 9.97 Å². The second-order valence-electron chi connectivity index (χ2n) is 5.96. The third-order valence-corrected chi connectivity index (χ3v) is 3.98. The highest BCUT2D eigenvalue weighted by Gasteiger charge is 2.17. The van der Waals surface area contributed by atoms with Gasteiger partial charge in [0.1, 0.15) is 34.8 Å². The minimum Gasteiger partial charge on any atom is -0.355 e. The monoisotopic (exact) mass is 407 g/mol. The number of amides is 1. The first-order chi connectivity index (χ1) is 14.5. The molecule has 2 heterocycles. The standard InChI is InChI=1S/C21H15F2N5O2/c1-2-18(28-30-15-8-7-14(10-24)25-12-15)13-6-9-19(26-11-13)27-21(29)20-16(22)4-3-5-17(20)23/h3-9,11-12H,2H2,1H3,(H,26,27,29)/b28-18+. The lowest BCUT2D eigenvalue weighted by Gasteiger charge is -2.08. The summed E-state index contributed by atoms with van der Waals surface area (Å²) in [6.07, 6.45) is 3.36. The maximum Gasteiger partial charge on any atom is 0.262 e. The summed E-state index contributed by atoms with van der Waals surface area (Å²) in [5.74, 6) is -2.37. The number of benzene rings is 1. The van der Waals surface area contributed by atoms with Gasteiger partial charge in [0.2, 0.25) is 0 Å². The van der Waals surface area contributed by atoms with Gasteiger partial charge < -0.3 is 10.2 Å². The maximum atomic E-state index is 13.7. The summed E-state index contributed by atoms with van der Waals surface area (Å²) >= 11 is 0. The molecule has 30 heavy (non-hydrogen) atoms. The van der Waals surface area contributed by atoms with E-state index in [0.29, 0.717) is 23.4 Å². The van der Waals surface area contributed by atoms with Crippen LogP contribution in [0.4, 0.5) is 14.6 Å². The van der Waals surface area contributed by atoms with Crippen molar-refractivity contribution >= 4 is 17.4 Å². The van der Waals surface area contributed by atoms with Crippen LogP contribution in [0.5, 0.6) is 5.75 Å². The molecule has 0 fully saturated rings. The minimum absolute atomic E-state index is 0.124. The van der Waals surface area contributed by atoms with Crippen molar-refractivity contribution in [2.75, 3.05) is 5.32 Å². The van der Waals surface area contributed by atoms with E-state index in [9.17, 15) is 13.6 Å². The molecule has 7 nitrogen and oxygen atoms in total. The fourth-order valence-electron chi connectivity index (χ4n) is 2.46.